The lowest BCUT2D eigenvalue weighted by Gasteiger charge is -2.32. The van der Waals surface area contributed by atoms with Crippen LogP contribution in [0.4, 0.5) is 13.2 Å². The molecule has 134 valence electrons. The summed E-state index contributed by atoms with van der Waals surface area (Å²) in [4.78, 5) is 16.2. The number of benzene rings is 1. The number of hydrogen-bond donors (Lipinski definition) is 2. The van der Waals surface area contributed by atoms with Crippen LogP contribution in [0.2, 0.25) is 0 Å². The molecule has 0 unspecified atom stereocenters. The first-order valence-corrected chi connectivity index (χ1v) is 8.22. The summed E-state index contributed by atoms with van der Waals surface area (Å²) in [6.45, 7) is 4.59. The van der Waals surface area contributed by atoms with Crippen molar-refractivity contribution in [2.75, 3.05) is 13.1 Å². The maximum atomic E-state index is 14.8. The summed E-state index contributed by atoms with van der Waals surface area (Å²) >= 11 is 0. The molecule has 1 amide bonds. The Labute approximate surface area is 143 Å². The molecule has 0 radical (unpaired) electrons. The summed E-state index contributed by atoms with van der Waals surface area (Å²) in [5.41, 5.74) is 4.58. The number of likely N-dealkylation sites (tertiary alicyclic amines) is 1. The van der Waals surface area contributed by atoms with E-state index in [0.717, 1.165) is 13.0 Å². The second-order valence-corrected chi connectivity index (χ2v) is 6.41. The molecule has 1 atom stereocenters. The zero-order chi connectivity index (χ0) is 18.3. The number of allylic oxidation sites excluding steroid dienone is 1. The Hall–Kier alpha value is -2.44. The highest BCUT2D eigenvalue weighted by Crippen LogP contribution is 2.39. The van der Waals surface area contributed by atoms with Gasteiger partial charge in [0, 0.05) is 35.7 Å². The number of fused-ring (bicyclic) bond motifs is 1. The van der Waals surface area contributed by atoms with Crippen LogP contribution in [0, 0.1) is 24.4 Å². The van der Waals surface area contributed by atoms with Crippen molar-refractivity contribution in [1.29, 1.82) is 0 Å². The predicted octanol–water partition coefficient (Wildman–Crippen LogP) is 3.71. The number of rotatable bonds is 3. The molecule has 0 aliphatic carbocycles. The lowest BCUT2D eigenvalue weighted by atomic mass is 9.86. The fourth-order valence-electron chi connectivity index (χ4n) is 3.69. The van der Waals surface area contributed by atoms with Crippen molar-refractivity contribution in [2.45, 2.75) is 32.6 Å². The van der Waals surface area contributed by atoms with Crippen LogP contribution in [0.25, 0.3) is 10.9 Å². The molecule has 7 heteroatoms. The van der Waals surface area contributed by atoms with Crippen LogP contribution in [0.15, 0.2) is 12.3 Å². The summed E-state index contributed by atoms with van der Waals surface area (Å²) < 4.78 is 44.1. The second-order valence-electron chi connectivity index (χ2n) is 6.41. The number of piperidine rings is 1. The molecule has 1 aliphatic rings. The Morgan fingerprint density at radius 1 is 1.28 bits per heavy atom. The molecule has 2 aromatic rings. The van der Waals surface area contributed by atoms with E-state index in [4.69, 9.17) is 5.73 Å². The molecule has 1 aliphatic heterocycles. The number of aryl methyl sites for hydroxylation is 1. The molecular formula is C18H20F3N3O. The molecule has 1 aromatic heterocycles. The maximum Gasteiger partial charge on any atom is 0.253 e. The van der Waals surface area contributed by atoms with E-state index in [1.54, 1.807) is 0 Å². The number of nitrogens with one attached hydrogen (secondary N) is 1. The third kappa shape index (κ3) is 2.77. The van der Waals surface area contributed by atoms with Crippen LogP contribution in [0.3, 0.4) is 0 Å². The van der Waals surface area contributed by atoms with Crippen molar-refractivity contribution in [2.24, 2.45) is 5.73 Å². The molecule has 2 heterocycles. The number of nitrogens with zero attached hydrogens (tertiary/aromatic N) is 1. The molecule has 0 spiro atoms. The Morgan fingerprint density at radius 2 is 2.00 bits per heavy atom. The number of carbonyl (C=O) groups excluding carboxylic acids is 1. The fraction of sp³-hybridized carbons (Fsp3) is 0.389. The summed E-state index contributed by atoms with van der Waals surface area (Å²) in [5.74, 6) is -4.69. The Balaban J connectivity index is 2.26. The van der Waals surface area contributed by atoms with Gasteiger partial charge in [-0.05, 0) is 32.9 Å². The van der Waals surface area contributed by atoms with Gasteiger partial charge in [0.1, 0.15) is 5.56 Å². The SMILES string of the molecule is CC=CN1CCC[C@@H](c2c(F)c(F)c(C(N)=O)c3[nH]c(C)c(F)c23)C1. The third-order valence-corrected chi connectivity index (χ3v) is 4.75. The maximum absolute atomic E-state index is 14.8. The van der Waals surface area contributed by atoms with Gasteiger partial charge in [-0.25, -0.2) is 13.2 Å². The highest BCUT2D eigenvalue weighted by atomic mass is 19.2. The minimum absolute atomic E-state index is 0.0199. The Morgan fingerprint density at radius 3 is 2.64 bits per heavy atom. The number of nitrogens with two attached hydrogens (primary N) is 1. The van der Waals surface area contributed by atoms with Crippen molar-refractivity contribution in [3.63, 3.8) is 0 Å². The van der Waals surface area contributed by atoms with Gasteiger partial charge in [0.25, 0.3) is 5.91 Å². The fourth-order valence-corrected chi connectivity index (χ4v) is 3.69. The number of aromatic nitrogens is 1. The van der Waals surface area contributed by atoms with Crippen LogP contribution in [-0.4, -0.2) is 28.9 Å². The van der Waals surface area contributed by atoms with Crippen LogP contribution in [-0.2, 0) is 0 Å². The number of aromatic amines is 1. The summed E-state index contributed by atoms with van der Waals surface area (Å²) in [5, 5.41) is -0.0717. The topological polar surface area (TPSA) is 62.1 Å². The van der Waals surface area contributed by atoms with Crippen LogP contribution in [0.1, 0.15) is 47.3 Å². The molecule has 1 saturated heterocycles. The molecule has 0 saturated carbocycles. The van der Waals surface area contributed by atoms with E-state index in [0.29, 0.717) is 13.0 Å². The summed E-state index contributed by atoms with van der Waals surface area (Å²) in [6, 6.07) is 0. The quantitative estimate of drug-likeness (QED) is 0.886. The van der Waals surface area contributed by atoms with Crippen molar-refractivity contribution in [1.82, 2.24) is 9.88 Å². The van der Waals surface area contributed by atoms with E-state index >= 15 is 0 Å². The van der Waals surface area contributed by atoms with Gasteiger partial charge in [-0.15, -0.1) is 0 Å². The second kappa shape index (κ2) is 6.46. The number of primary amides is 1. The van der Waals surface area contributed by atoms with Crippen molar-refractivity contribution in [3.8, 4) is 0 Å². The standard InChI is InChI=1S/C18H20F3N3O/c1-3-6-24-7-4-5-10(8-24)11-12-14(19)9(2)23-17(12)13(18(22)25)16(21)15(11)20/h3,6,10,23H,4-5,7-8H2,1-2H3,(H2,22,25)/t10-/m1/s1. The molecule has 1 aromatic carbocycles. The molecule has 4 nitrogen and oxygen atoms in total. The minimum atomic E-state index is -1.32. The molecular weight excluding hydrogens is 331 g/mol. The molecule has 1 fully saturated rings. The first-order valence-electron chi connectivity index (χ1n) is 8.22. The Bertz CT molecular complexity index is 873. The highest BCUT2D eigenvalue weighted by molar-refractivity contribution is 6.06. The molecule has 0 bridgehead atoms. The smallest absolute Gasteiger partial charge is 0.253 e. The van der Waals surface area contributed by atoms with Gasteiger partial charge >= 0.3 is 0 Å². The lowest BCUT2D eigenvalue weighted by molar-refractivity contribution is 0.0997. The first kappa shape index (κ1) is 17.4. The van der Waals surface area contributed by atoms with Crippen molar-refractivity contribution in [3.05, 3.63) is 46.5 Å². The average molecular weight is 351 g/mol. The number of carbonyl (C=O) groups is 1. The molecule has 3 N–H and O–H groups in total. The van der Waals surface area contributed by atoms with Gasteiger partial charge in [0.2, 0.25) is 0 Å². The number of halogens is 3. The van der Waals surface area contributed by atoms with Gasteiger partial charge in [0.05, 0.1) is 5.52 Å². The third-order valence-electron chi connectivity index (χ3n) is 4.75. The van der Waals surface area contributed by atoms with Gasteiger partial charge in [-0.2, -0.15) is 0 Å². The highest BCUT2D eigenvalue weighted by Gasteiger charge is 2.32. The zero-order valence-corrected chi connectivity index (χ0v) is 14.1. The lowest BCUT2D eigenvalue weighted by Crippen LogP contribution is -2.31. The van der Waals surface area contributed by atoms with E-state index in [1.165, 1.54) is 6.92 Å². The van der Waals surface area contributed by atoms with Gasteiger partial charge in [0.15, 0.2) is 17.5 Å². The van der Waals surface area contributed by atoms with Crippen LogP contribution >= 0.6 is 0 Å². The van der Waals surface area contributed by atoms with Crippen molar-refractivity contribution >= 4 is 16.8 Å². The summed E-state index contributed by atoms with van der Waals surface area (Å²) in [6.07, 6.45) is 5.14. The number of H-pyrrole nitrogens is 1. The summed E-state index contributed by atoms with van der Waals surface area (Å²) in [7, 11) is 0. The van der Waals surface area contributed by atoms with Crippen LogP contribution in [0.5, 0.6) is 0 Å². The van der Waals surface area contributed by atoms with E-state index in [1.807, 2.05) is 24.1 Å². The molecule has 3 rings (SSSR count). The van der Waals surface area contributed by atoms with Crippen molar-refractivity contribution < 1.29 is 18.0 Å². The average Bonchev–Trinajstić information content (AvgIpc) is 2.84. The van der Waals surface area contributed by atoms with Crippen LogP contribution < -0.4 is 5.73 Å². The Kier molecular flexibility index (Phi) is 4.49. The van der Waals surface area contributed by atoms with Gasteiger partial charge in [-0.3, -0.25) is 4.79 Å². The van der Waals surface area contributed by atoms with E-state index in [2.05, 4.69) is 4.98 Å². The van der Waals surface area contributed by atoms with Gasteiger partial charge < -0.3 is 15.6 Å². The largest absolute Gasteiger partial charge is 0.377 e. The number of amides is 1. The monoisotopic (exact) mass is 351 g/mol. The van der Waals surface area contributed by atoms with E-state index in [9.17, 15) is 18.0 Å². The minimum Gasteiger partial charge on any atom is -0.377 e. The van der Waals surface area contributed by atoms with E-state index in [-0.39, 0.29) is 28.1 Å². The predicted molar refractivity (Wildman–Crippen MR) is 89.8 cm³/mol. The normalized spacial score (nSPS) is 18.4. The number of hydrogen-bond acceptors (Lipinski definition) is 2. The zero-order valence-electron chi connectivity index (χ0n) is 14.1. The first-order chi connectivity index (χ1) is 11.9. The molecule has 25 heavy (non-hydrogen) atoms. The van der Waals surface area contributed by atoms with E-state index < -0.39 is 28.9 Å². The van der Waals surface area contributed by atoms with Gasteiger partial charge in [-0.1, -0.05) is 6.08 Å².